The number of hydrogen-bond donors (Lipinski definition) is 2. The number of benzene rings is 2. The van der Waals surface area contributed by atoms with E-state index >= 15 is 0 Å². The number of amides is 2. The molecule has 120 valence electrons. The van der Waals surface area contributed by atoms with Gasteiger partial charge in [0.25, 0.3) is 5.91 Å². The number of ether oxygens (including phenoxy) is 1. The lowest BCUT2D eigenvalue weighted by Gasteiger charge is -2.10. The molecule has 0 bridgehead atoms. The molecule has 2 aromatic carbocycles. The van der Waals surface area contributed by atoms with Crippen LogP contribution in [0.2, 0.25) is 5.02 Å². The van der Waals surface area contributed by atoms with E-state index in [0.29, 0.717) is 16.3 Å². The van der Waals surface area contributed by atoms with Crippen molar-refractivity contribution in [1.29, 1.82) is 0 Å². The smallest absolute Gasteiger partial charge is 0.272 e. The van der Waals surface area contributed by atoms with Crippen LogP contribution in [0, 0.1) is 5.82 Å². The van der Waals surface area contributed by atoms with Gasteiger partial charge in [0.1, 0.15) is 11.6 Å². The molecule has 2 amide bonds. The van der Waals surface area contributed by atoms with Crippen molar-refractivity contribution in [3.63, 3.8) is 0 Å². The molecule has 0 aliphatic rings. The first-order valence-electron chi connectivity index (χ1n) is 6.67. The van der Waals surface area contributed by atoms with E-state index in [4.69, 9.17) is 16.3 Å². The lowest BCUT2D eigenvalue weighted by molar-refractivity contribution is -0.121. The van der Waals surface area contributed by atoms with Crippen LogP contribution in [-0.2, 0) is 11.2 Å². The van der Waals surface area contributed by atoms with E-state index in [-0.39, 0.29) is 12.0 Å². The maximum absolute atomic E-state index is 13.4. The minimum absolute atomic E-state index is 0.0543. The van der Waals surface area contributed by atoms with Gasteiger partial charge in [0.15, 0.2) is 0 Å². The third kappa shape index (κ3) is 4.43. The molecule has 2 aromatic rings. The molecule has 0 atom stereocenters. The molecule has 0 fully saturated rings. The van der Waals surface area contributed by atoms with Gasteiger partial charge < -0.3 is 4.74 Å². The molecule has 0 heterocycles. The van der Waals surface area contributed by atoms with Gasteiger partial charge in [-0.25, -0.2) is 4.39 Å². The van der Waals surface area contributed by atoms with Gasteiger partial charge in [0, 0.05) is 10.6 Å². The van der Waals surface area contributed by atoms with E-state index in [1.807, 2.05) is 0 Å². The van der Waals surface area contributed by atoms with Crippen molar-refractivity contribution in [2.24, 2.45) is 0 Å². The van der Waals surface area contributed by atoms with Crippen LogP contribution in [0.3, 0.4) is 0 Å². The Morgan fingerprint density at radius 2 is 1.91 bits per heavy atom. The monoisotopic (exact) mass is 336 g/mol. The Balaban J connectivity index is 1.97. The number of halogens is 2. The van der Waals surface area contributed by atoms with E-state index in [9.17, 15) is 14.0 Å². The Kier molecular flexibility index (Phi) is 5.54. The Bertz CT molecular complexity index is 737. The zero-order valence-electron chi connectivity index (χ0n) is 12.2. The second-order valence-electron chi connectivity index (χ2n) is 4.62. The van der Waals surface area contributed by atoms with Crippen LogP contribution >= 0.6 is 11.6 Å². The molecular weight excluding hydrogens is 323 g/mol. The second-order valence-corrected chi connectivity index (χ2v) is 5.05. The van der Waals surface area contributed by atoms with E-state index in [0.717, 1.165) is 6.07 Å². The lowest BCUT2D eigenvalue weighted by atomic mass is 10.1. The summed E-state index contributed by atoms with van der Waals surface area (Å²) >= 11 is 5.88. The first kappa shape index (κ1) is 16.8. The predicted octanol–water partition coefficient (Wildman–Crippen LogP) is 2.49. The summed E-state index contributed by atoms with van der Waals surface area (Å²) in [6.45, 7) is 0. The molecule has 2 rings (SSSR count). The van der Waals surface area contributed by atoms with Crippen LogP contribution in [0.4, 0.5) is 4.39 Å². The van der Waals surface area contributed by atoms with Crippen molar-refractivity contribution in [1.82, 2.24) is 10.9 Å². The van der Waals surface area contributed by atoms with Crippen molar-refractivity contribution in [2.45, 2.75) is 6.42 Å². The Morgan fingerprint density at radius 3 is 2.61 bits per heavy atom. The molecule has 23 heavy (non-hydrogen) atoms. The number of nitrogens with one attached hydrogen (secondary N) is 2. The first-order chi connectivity index (χ1) is 11.0. The molecule has 0 aliphatic carbocycles. The number of carbonyl (C=O) groups excluding carboxylic acids is 2. The highest BCUT2D eigenvalue weighted by Crippen LogP contribution is 2.22. The summed E-state index contributed by atoms with van der Waals surface area (Å²) in [5.74, 6) is -1.40. The lowest BCUT2D eigenvalue weighted by Crippen LogP contribution is -2.42. The fourth-order valence-electron chi connectivity index (χ4n) is 1.94. The fraction of sp³-hybridized carbons (Fsp3) is 0.125. The zero-order valence-corrected chi connectivity index (χ0v) is 13.0. The highest BCUT2D eigenvalue weighted by molar-refractivity contribution is 6.30. The van der Waals surface area contributed by atoms with Gasteiger partial charge in [-0.2, -0.15) is 0 Å². The Labute approximate surface area is 137 Å². The summed E-state index contributed by atoms with van der Waals surface area (Å²) in [5, 5.41) is 0.462. The number of hydrogen-bond acceptors (Lipinski definition) is 3. The number of methoxy groups -OCH3 is 1. The molecule has 0 unspecified atom stereocenters. The van der Waals surface area contributed by atoms with Gasteiger partial charge in [-0.3, -0.25) is 20.4 Å². The number of hydrazine groups is 1. The summed E-state index contributed by atoms with van der Waals surface area (Å²) in [4.78, 5) is 23.7. The topological polar surface area (TPSA) is 67.4 Å². The summed E-state index contributed by atoms with van der Waals surface area (Å²) < 4.78 is 18.6. The fourth-order valence-corrected chi connectivity index (χ4v) is 2.14. The van der Waals surface area contributed by atoms with Crippen molar-refractivity contribution in [2.75, 3.05) is 7.11 Å². The van der Waals surface area contributed by atoms with Crippen LogP contribution in [0.25, 0.3) is 0 Å². The van der Waals surface area contributed by atoms with Crippen molar-refractivity contribution in [3.8, 4) is 5.75 Å². The average molecular weight is 337 g/mol. The standard InChI is InChI=1S/C16H14ClFN2O3/c1-23-14-7-6-11(17)8-10(14)9-15(21)19-20-16(22)12-4-2-3-5-13(12)18/h2-8H,9H2,1H3,(H,19,21)(H,20,22). The quantitative estimate of drug-likeness (QED) is 0.843. The molecule has 0 saturated heterocycles. The number of rotatable bonds is 4. The third-order valence-corrected chi connectivity index (χ3v) is 3.26. The third-order valence-electron chi connectivity index (χ3n) is 3.03. The molecular formula is C16H14ClFN2O3. The normalized spacial score (nSPS) is 10.0. The van der Waals surface area contributed by atoms with Crippen molar-refractivity contribution < 1.29 is 18.7 Å². The number of carbonyl (C=O) groups is 2. The summed E-state index contributed by atoms with van der Waals surface area (Å²) in [6, 6.07) is 10.3. The molecule has 5 nitrogen and oxygen atoms in total. The van der Waals surface area contributed by atoms with E-state index < -0.39 is 17.6 Å². The highest BCUT2D eigenvalue weighted by Gasteiger charge is 2.13. The van der Waals surface area contributed by atoms with Crippen LogP contribution in [0.5, 0.6) is 5.75 Å². The Morgan fingerprint density at radius 1 is 1.17 bits per heavy atom. The van der Waals surface area contributed by atoms with Gasteiger partial charge >= 0.3 is 0 Å². The molecule has 0 saturated carbocycles. The van der Waals surface area contributed by atoms with Crippen molar-refractivity contribution in [3.05, 3.63) is 64.4 Å². The van der Waals surface area contributed by atoms with Crippen LogP contribution in [0.15, 0.2) is 42.5 Å². The predicted molar refractivity (Wildman–Crippen MR) is 83.7 cm³/mol. The van der Waals surface area contributed by atoms with Gasteiger partial charge in [0.2, 0.25) is 5.91 Å². The zero-order chi connectivity index (χ0) is 16.8. The maximum atomic E-state index is 13.4. The molecule has 0 spiro atoms. The van der Waals surface area contributed by atoms with Crippen molar-refractivity contribution >= 4 is 23.4 Å². The van der Waals surface area contributed by atoms with E-state index in [1.54, 1.807) is 18.2 Å². The minimum Gasteiger partial charge on any atom is -0.496 e. The molecule has 0 aliphatic heterocycles. The SMILES string of the molecule is COc1ccc(Cl)cc1CC(=O)NNC(=O)c1ccccc1F. The molecule has 0 radical (unpaired) electrons. The molecule has 0 aromatic heterocycles. The van der Waals surface area contributed by atoms with Crippen LogP contribution < -0.4 is 15.6 Å². The van der Waals surface area contributed by atoms with E-state index in [1.165, 1.54) is 25.3 Å². The van der Waals surface area contributed by atoms with Crippen LogP contribution in [-0.4, -0.2) is 18.9 Å². The summed E-state index contributed by atoms with van der Waals surface area (Å²) in [6.07, 6.45) is -0.0543. The van der Waals surface area contributed by atoms with E-state index in [2.05, 4.69) is 10.9 Å². The largest absolute Gasteiger partial charge is 0.496 e. The van der Waals surface area contributed by atoms with Gasteiger partial charge in [-0.15, -0.1) is 0 Å². The Hall–Kier alpha value is -2.60. The molecule has 2 N–H and O–H groups in total. The minimum atomic E-state index is -0.741. The summed E-state index contributed by atoms with van der Waals surface area (Å²) in [7, 11) is 1.48. The van der Waals surface area contributed by atoms with Crippen LogP contribution in [0.1, 0.15) is 15.9 Å². The molecule has 7 heteroatoms. The highest BCUT2D eigenvalue weighted by atomic mass is 35.5. The van der Waals surface area contributed by atoms with Gasteiger partial charge in [-0.1, -0.05) is 23.7 Å². The van der Waals surface area contributed by atoms with Gasteiger partial charge in [-0.05, 0) is 30.3 Å². The average Bonchev–Trinajstić information content (AvgIpc) is 2.53. The summed E-state index contributed by atoms with van der Waals surface area (Å²) in [5.41, 5.74) is 4.79. The van der Waals surface area contributed by atoms with Gasteiger partial charge in [0.05, 0.1) is 19.1 Å². The maximum Gasteiger partial charge on any atom is 0.272 e. The second kappa shape index (κ2) is 7.60. The first-order valence-corrected chi connectivity index (χ1v) is 7.05.